The summed E-state index contributed by atoms with van der Waals surface area (Å²) in [6.07, 6.45) is 1.03. The zero-order valence-corrected chi connectivity index (χ0v) is 13.3. The predicted molar refractivity (Wildman–Crippen MR) is 75.7 cm³/mol. The average molecular weight is 258 g/mol. The van der Waals surface area contributed by atoms with Gasteiger partial charge in [0.25, 0.3) is 0 Å². The van der Waals surface area contributed by atoms with Crippen molar-refractivity contribution in [1.82, 2.24) is 10.2 Å². The van der Waals surface area contributed by atoms with E-state index < -0.39 is 5.54 Å². The molecule has 0 fully saturated rings. The Morgan fingerprint density at radius 3 is 2.17 bits per heavy atom. The van der Waals surface area contributed by atoms with Crippen molar-refractivity contribution in [1.29, 1.82) is 0 Å². The van der Waals surface area contributed by atoms with Gasteiger partial charge in [0.1, 0.15) is 5.54 Å². The average Bonchev–Trinajstić information content (AvgIpc) is 2.26. The maximum Gasteiger partial charge on any atom is 0.327 e. The minimum atomic E-state index is -0.676. The van der Waals surface area contributed by atoms with Crippen molar-refractivity contribution in [2.75, 3.05) is 20.7 Å². The smallest absolute Gasteiger partial charge is 0.327 e. The van der Waals surface area contributed by atoms with Crippen molar-refractivity contribution < 1.29 is 9.53 Å². The van der Waals surface area contributed by atoms with Gasteiger partial charge in [0.05, 0.1) is 7.11 Å². The Bertz CT molecular complexity index is 277. The van der Waals surface area contributed by atoms with Crippen LogP contribution < -0.4 is 5.32 Å². The molecule has 0 amide bonds. The Morgan fingerprint density at radius 2 is 1.83 bits per heavy atom. The summed E-state index contributed by atoms with van der Waals surface area (Å²) >= 11 is 0. The number of hydrogen-bond donors (Lipinski definition) is 1. The van der Waals surface area contributed by atoms with Gasteiger partial charge in [0, 0.05) is 18.1 Å². The molecule has 4 nitrogen and oxygen atoms in total. The minimum Gasteiger partial charge on any atom is -0.468 e. The summed E-state index contributed by atoms with van der Waals surface area (Å²) < 4.78 is 4.94. The lowest BCUT2D eigenvalue weighted by Crippen LogP contribution is -2.61. The van der Waals surface area contributed by atoms with Crippen molar-refractivity contribution >= 4 is 5.97 Å². The Morgan fingerprint density at radius 1 is 1.33 bits per heavy atom. The molecule has 1 atom stereocenters. The standard InChI is InChI=1S/C14H30N2O2/c1-9-13(4,5)16(7)10-14(6,12(17)18-8)15-11(2)3/h11,15H,9-10H2,1-8H3. The number of likely N-dealkylation sites (N-methyl/N-ethyl adjacent to an activating group) is 1. The molecule has 0 aliphatic carbocycles. The lowest BCUT2D eigenvalue weighted by atomic mass is 9.94. The maximum atomic E-state index is 12.0. The first-order chi connectivity index (χ1) is 8.09. The zero-order chi connectivity index (χ0) is 14.6. The van der Waals surface area contributed by atoms with E-state index in [4.69, 9.17) is 4.74 Å². The van der Waals surface area contributed by atoms with Crippen LogP contribution in [0.3, 0.4) is 0 Å². The van der Waals surface area contributed by atoms with E-state index in [1.165, 1.54) is 7.11 Å². The normalized spacial score (nSPS) is 15.9. The lowest BCUT2D eigenvalue weighted by molar-refractivity contribution is -0.149. The molecule has 0 saturated carbocycles. The van der Waals surface area contributed by atoms with Gasteiger partial charge in [-0.25, -0.2) is 0 Å². The van der Waals surface area contributed by atoms with Gasteiger partial charge in [-0.15, -0.1) is 0 Å². The maximum absolute atomic E-state index is 12.0. The van der Waals surface area contributed by atoms with Gasteiger partial charge in [-0.3, -0.25) is 15.0 Å². The molecule has 0 rings (SSSR count). The topological polar surface area (TPSA) is 41.6 Å². The van der Waals surface area contributed by atoms with Crippen LogP contribution in [-0.2, 0) is 9.53 Å². The van der Waals surface area contributed by atoms with Crippen LogP contribution in [0.15, 0.2) is 0 Å². The number of rotatable bonds is 7. The molecule has 0 spiro atoms. The first-order valence-electron chi connectivity index (χ1n) is 6.66. The molecule has 0 bridgehead atoms. The molecule has 4 heteroatoms. The van der Waals surface area contributed by atoms with Crippen LogP contribution in [0.25, 0.3) is 0 Å². The van der Waals surface area contributed by atoms with Crippen molar-refractivity contribution in [3.63, 3.8) is 0 Å². The number of carbonyl (C=O) groups excluding carboxylic acids is 1. The molecular formula is C14H30N2O2. The number of nitrogens with one attached hydrogen (secondary N) is 1. The molecule has 1 N–H and O–H groups in total. The van der Waals surface area contributed by atoms with Gasteiger partial charge in [0.2, 0.25) is 0 Å². The second-order valence-corrected chi connectivity index (χ2v) is 6.14. The molecule has 0 aromatic heterocycles. The zero-order valence-electron chi connectivity index (χ0n) is 13.3. The van der Waals surface area contributed by atoms with E-state index in [9.17, 15) is 4.79 Å². The Kier molecular flexibility index (Phi) is 6.30. The number of methoxy groups -OCH3 is 1. The summed E-state index contributed by atoms with van der Waals surface area (Å²) in [6, 6.07) is 0.229. The third-order valence-corrected chi connectivity index (χ3v) is 3.70. The summed E-state index contributed by atoms with van der Waals surface area (Å²) in [6.45, 7) is 13.1. The van der Waals surface area contributed by atoms with Crippen molar-refractivity contribution in [3.05, 3.63) is 0 Å². The quantitative estimate of drug-likeness (QED) is 0.710. The summed E-state index contributed by atoms with van der Waals surface area (Å²) in [7, 11) is 3.49. The van der Waals surface area contributed by atoms with Crippen LogP contribution in [0, 0.1) is 0 Å². The lowest BCUT2D eigenvalue weighted by Gasteiger charge is -2.41. The van der Waals surface area contributed by atoms with Crippen LogP contribution in [0.5, 0.6) is 0 Å². The van der Waals surface area contributed by atoms with Crippen LogP contribution in [0.1, 0.15) is 48.0 Å². The fraction of sp³-hybridized carbons (Fsp3) is 0.929. The highest BCUT2D eigenvalue weighted by molar-refractivity contribution is 5.80. The Hall–Kier alpha value is -0.610. The van der Waals surface area contributed by atoms with Gasteiger partial charge >= 0.3 is 5.97 Å². The number of hydrogen-bond acceptors (Lipinski definition) is 4. The monoisotopic (exact) mass is 258 g/mol. The number of carbonyl (C=O) groups is 1. The van der Waals surface area contributed by atoms with Crippen molar-refractivity contribution in [2.24, 2.45) is 0 Å². The largest absolute Gasteiger partial charge is 0.468 e. The third-order valence-electron chi connectivity index (χ3n) is 3.70. The van der Waals surface area contributed by atoms with Crippen molar-refractivity contribution in [3.8, 4) is 0 Å². The molecule has 0 aliphatic heterocycles. The van der Waals surface area contributed by atoms with Crippen molar-refractivity contribution in [2.45, 2.75) is 65.1 Å². The highest BCUT2D eigenvalue weighted by atomic mass is 16.5. The highest BCUT2D eigenvalue weighted by Gasteiger charge is 2.38. The van der Waals surface area contributed by atoms with Gasteiger partial charge in [0.15, 0.2) is 0 Å². The van der Waals surface area contributed by atoms with Gasteiger partial charge in [-0.05, 0) is 48.1 Å². The van der Waals surface area contributed by atoms with E-state index in [0.29, 0.717) is 6.54 Å². The predicted octanol–water partition coefficient (Wildman–Crippen LogP) is 2.04. The number of nitrogens with zero attached hydrogens (tertiary/aromatic N) is 1. The fourth-order valence-corrected chi connectivity index (χ4v) is 1.99. The van der Waals surface area contributed by atoms with Crippen LogP contribution >= 0.6 is 0 Å². The van der Waals surface area contributed by atoms with E-state index in [1.54, 1.807) is 0 Å². The van der Waals surface area contributed by atoms with Crippen LogP contribution in [0.2, 0.25) is 0 Å². The Balaban J connectivity index is 4.96. The summed E-state index contributed by atoms with van der Waals surface area (Å²) in [5.41, 5.74) is -0.613. The molecule has 0 radical (unpaired) electrons. The molecule has 0 heterocycles. The number of esters is 1. The van der Waals surface area contributed by atoms with E-state index in [1.807, 2.05) is 27.8 Å². The SMILES string of the molecule is CCC(C)(C)N(C)CC(C)(NC(C)C)C(=O)OC. The molecule has 18 heavy (non-hydrogen) atoms. The summed E-state index contributed by atoms with van der Waals surface area (Å²) in [4.78, 5) is 14.2. The Labute approximate surface area is 112 Å². The highest BCUT2D eigenvalue weighted by Crippen LogP contribution is 2.20. The summed E-state index contributed by atoms with van der Waals surface area (Å²) in [5.74, 6) is -0.213. The molecule has 0 aromatic carbocycles. The van der Waals surface area contributed by atoms with E-state index in [2.05, 4.69) is 31.0 Å². The second-order valence-electron chi connectivity index (χ2n) is 6.14. The first-order valence-corrected chi connectivity index (χ1v) is 6.66. The fourth-order valence-electron chi connectivity index (χ4n) is 1.99. The molecular weight excluding hydrogens is 228 g/mol. The number of ether oxygens (including phenoxy) is 1. The van der Waals surface area contributed by atoms with Gasteiger partial charge < -0.3 is 4.74 Å². The van der Waals surface area contributed by atoms with E-state index in [-0.39, 0.29) is 17.6 Å². The third kappa shape index (κ3) is 4.58. The van der Waals surface area contributed by atoms with Gasteiger partial charge in [-0.2, -0.15) is 0 Å². The molecule has 0 aliphatic rings. The molecule has 108 valence electrons. The molecule has 0 aromatic rings. The molecule has 1 unspecified atom stereocenters. The minimum absolute atomic E-state index is 0.0634. The van der Waals surface area contributed by atoms with Crippen LogP contribution in [0.4, 0.5) is 0 Å². The van der Waals surface area contributed by atoms with E-state index >= 15 is 0 Å². The van der Waals surface area contributed by atoms with Gasteiger partial charge in [-0.1, -0.05) is 6.92 Å². The summed E-state index contributed by atoms with van der Waals surface area (Å²) in [5, 5.41) is 3.32. The first kappa shape index (κ1) is 17.4. The van der Waals surface area contributed by atoms with E-state index in [0.717, 1.165) is 6.42 Å². The molecule has 0 saturated heterocycles. The second kappa shape index (κ2) is 6.53. The van der Waals surface area contributed by atoms with Crippen LogP contribution in [-0.4, -0.2) is 48.7 Å².